The lowest BCUT2D eigenvalue weighted by atomic mass is 10.1. The van der Waals surface area contributed by atoms with Gasteiger partial charge in [-0.2, -0.15) is 0 Å². The number of benzene rings is 1. The van der Waals surface area contributed by atoms with Crippen molar-refractivity contribution < 1.29 is 4.74 Å². The number of rotatable bonds is 3. The van der Waals surface area contributed by atoms with Crippen molar-refractivity contribution in [2.45, 2.75) is 47.6 Å². The molecule has 1 heteroatoms. The summed E-state index contributed by atoms with van der Waals surface area (Å²) in [5.41, 5.74) is 2.60. The summed E-state index contributed by atoms with van der Waals surface area (Å²) in [6.45, 7) is 8.36. The van der Waals surface area contributed by atoms with E-state index in [1.807, 2.05) is 13.8 Å². The predicted octanol–water partition coefficient (Wildman–Crippen LogP) is 3.98. The summed E-state index contributed by atoms with van der Waals surface area (Å²) in [4.78, 5) is 0. The van der Waals surface area contributed by atoms with Crippen LogP contribution in [0.4, 0.5) is 0 Å². The zero-order chi connectivity index (χ0) is 9.84. The first-order valence-corrected chi connectivity index (χ1v) is 4.89. The van der Waals surface area contributed by atoms with Crippen LogP contribution in [-0.4, -0.2) is 6.10 Å². The average Bonchev–Trinajstić information content (AvgIpc) is 2.08. The van der Waals surface area contributed by atoms with Gasteiger partial charge < -0.3 is 4.74 Å². The molecule has 0 bridgehead atoms. The van der Waals surface area contributed by atoms with Crippen molar-refractivity contribution in [2.24, 2.45) is 0 Å². The van der Waals surface area contributed by atoms with E-state index in [0.29, 0.717) is 0 Å². The van der Waals surface area contributed by atoms with Gasteiger partial charge >= 0.3 is 0 Å². The summed E-state index contributed by atoms with van der Waals surface area (Å²) in [6, 6.07) is 6.39. The summed E-state index contributed by atoms with van der Waals surface area (Å²) in [5.74, 6) is 1.01. The van der Waals surface area contributed by atoms with Crippen molar-refractivity contribution in [3.05, 3.63) is 29.3 Å². The molecular formula is C13H22O. The molecule has 0 N–H and O–H groups in total. The molecule has 0 amide bonds. The van der Waals surface area contributed by atoms with E-state index >= 15 is 0 Å². The first kappa shape index (κ1) is 13.0. The third kappa shape index (κ3) is 3.41. The van der Waals surface area contributed by atoms with Crippen LogP contribution in [0.15, 0.2) is 18.2 Å². The van der Waals surface area contributed by atoms with Crippen molar-refractivity contribution >= 4 is 0 Å². The van der Waals surface area contributed by atoms with Gasteiger partial charge in [-0.25, -0.2) is 0 Å². The number of ether oxygens (including phenoxy) is 1. The van der Waals surface area contributed by atoms with E-state index in [1.165, 1.54) is 11.1 Å². The quantitative estimate of drug-likeness (QED) is 0.707. The Labute approximate surface area is 88.1 Å². The SMILES string of the molecule is C.CCc1ccc(OC(C)C)c(C)c1. The molecule has 1 rings (SSSR count). The molecule has 1 aromatic carbocycles. The highest BCUT2D eigenvalue weighted by Crippen LogP contribution is 2.20. The molecule has 0 atom stereocenters. The summed E-state index contributed by atoms with van der Waals surface area (Å²) < 4.78 is 5.64. The first-order valence-electron chi connectivity index (χ1n) is 4.89. The Morgan fingerprint density at radius 2 is 1.93 bits per heavy atom. The summed E-state index contributed by atoms with van der Waals surface area (Å²) in [7, 11) is 0. The second-order valence-electron chi connectivity index (χ2n) is 3.62. The van der Waals surface area contributed by atoms with Gasteiger partial charge in [0.2, 0.25) is 0 Å². The fourth-order valence-corrected chi connectivity index (χ4v) is 1.32. The standard InChI is InChI=1S/C12H18O.CH4/c1-5-11-6-7-12(10(4)8-11)13-9(2)3;/h6-9H,5H2,1-4H3;1H4. The molecule has 0 heterocycles. The minimum atomic E-state index is 0. The Hall–Kier alpha value is -0.980. The largest absolute Gasteiger partial charge is 0.491 e. The fraction of sp³-hybridized carbons (Fsp3) is 0.538. The molecule has 0 aliphatic heterocycles. The first-order chi connectivity index (χ1) is 6.13. The van der Waals surface area contributed by atoms with Crippen molar-refractivity contribution in [3.63, 3.8) is 0 Å². The highest BCUT2D eigenvalue weighted by Gasteiger charge is 2.01. The lowest BCUT2D eigenvalue weighted by Gasteiger charge is -2.12. The molecule has 14 heavy (non-hydrogen) atoms. The zero-order valence-electron chi connectivity index (χ0n) is 8.92. The second-order valence-corrected chi connectivity index (χ2v) is 3.62. The number of hydrogen-bond acceptors (Lipinski definition) is 1. The van der Waals surface area contributed by atoms with Gasteiger partial charge in [0.15, 0.2) is 0 Å². The van der Waals surface area contributed by atoms with Gasteiger partial charge in [0.05, 0.1) is 6.10 Å². The third-order valence-electron chi connectivity index (χ3n) is 2.01. The maximum absolute atomic E-state index is 5.64. The topological polar surface area (TPSA) is 9.23 Å². The van der Waals surface area contributed by atoms with E-state index in [9.17, 15) is 0 Å². The Balaban J connectivity index is 0.00000169. The van der Waals surface area contributed by atoms with Gasteiger partial charge in [-0.3, -0.25) is 0 Å². The average molecular weight is 194 g/mol. The second kappa shape index (κ2) is 5.69. The minimum absolute atomic E-state index is 0. The van der Waals surface area contributed by atoms with Crippen LogP contribution in [0.3, 0.4) is 0 Å². The van der Waals surface area contributed by atoms with Crippen LogP contribution in [0.5, 0.6) is 5.75 Å². The van der Waals surface area contributed by atoms with E-state index in [-0.39, 0.29) is 13.5 Å². The van der Waals surface area contributed by atoms with E-state index in [0.717, 1.165) is 12.2 Å². The molecule has 0 spiro atoms. The molecule has 1 nitrogen and oxygen atoms in total. The van der Waals surface area contributed by atoms with E-state index < -0.39 is 0 Å². The van der Waals surface area contributed by atoms with Crippen LogP contribution in [0.25, 0.3) is 0 Å². The molecule has 80 valence electrons. The number of hydrogen-bond donors (Lipinski definition) is 0. The van der Waals surface area contributed by atoms with Crippen LogP contribution in [0, 0.1) is 6.92 Å². The van der Waals surface area contributed by atoms with E-state index in [2.05, 4.69) is 32.0 Å². The van der Waals surface area contributed by atoms with Gasteiger partial charge in [0.25, 0.3) is 0 Å². The molecule has 0 radical (unpaired) electrons. The van der Waals surface area contributed by atoms with Crippen LogP contribution in [0.1, 0.15) is 39.3 Å². The lowest BCUT2D eigenvalue weighted by Crippen LogP contribution is -2.06. The Bertz CT molecular complexity index is 277. The maximum atomic E-state index is 5.64. The fourth-order valence-electron chi connectivity index (χ4n) is 1.32. The molecule has 0 aromatic heterocycles. The zero-order valence-corrected chi connectivity index (χ0v) is 8.92. The Kier molecular flexibility index (Phi) is 5.29. The summed E-state index contributed by atoms with van der Waals surface area (Å²) in [6.07, 6.45) is 1.34. The Morgan fingerprint density at radius 1 is 1.29 bits per heavy atom. The van der Waals surface area contributed by atoms with Crippen molar-refractivity contribution in [1.82, 2.24) is 0 Å². The highest BCUT2D eigenvalue weighted by molar-refractivity contribution is 5.36. The summed E-state index contributed by atoms with van der Waals surface area (Å²) in [5, 5.41) is 0. The third-order valence-corrected chi connectivity index (χ3v) is 2.01. The van der Waals surface area contributed by atoms with Crippen LogP contribution in [-0.2, 0) is 6.42 Å². The molecule has 0 unspecified atom stereocenters. The van der Waals surface area contributed by atoms with Gasteiger partial charge in [0, 0.05) is 0 Å². The molecular weight excluding hydrogens is 172 g/mol. The van der Waals surface area contributed by atoms with Crippen LogP contribution >= 0.6 is 0 Å². The molecule has 0 saturated carbocycles. The highest BCUT2D eigenvalue weighted by atomic mass is 16.5. The predicted molar refractivity (Wildman–Crippen MR) is 63.1 cm³/mol. The summed E-state index contributed by atoms with van der Waals surface area (Å²) >= 11 is 0. The monoisotopic (exact) mass is 194 g/mol. The van der Waals surface area contributed by atoms with Gasteiger partial charge in [-0.05, 0) is 44.4 Å². The van der Waals surface area contributed by atoms with E-state index in [4.69, 9.17) is 4.74 Å². The van der Waals surface area contributed by atoms with Gasteiger partial charge in [0.1, 0.15) is 5.75 Å². The molecule has 0 fully saturated rings. The van der Waals surface area contributed by atoms with Crippen LogP contribution < -0.4 is 4.74 Å². The Morgan fingerprint density at radius 3 is 2.36 bits per heavy atom. The minimum Gasteiger partial charge on any atom is -0.491 e. The maximum Gasteiger partial charge on any atom is 0.122 e. The molecule has 0 aliphatic carbocycles. The smallest absolute Gasteiger partial charge is 0.122 e. The van der Waals surface area contributed by atoms with Crippen molar-refractivity contribution in [2.75, 3.05) is 0 Å². The number of aryl methyl sites for hydroxylation is 2. The molecule has 1 aromatic rings. The molecule has 0 saturated heterocycles. The van der Waals surface area contributed by atoms with Crippen LogP contribution in [0.2, 0.25) is 0 Å². The van der Waals surface area contributed by atoms with Crippen molar-refractivity contribution in [3.8, 4) is 5.75 Å². The van der Waals surface area contributed by atoms with Gasteiger partial charge in [-0.15, -0.1) is 0 Å². The normalized spacial score (nSPS) is 9.79. The van der Waals surface area contributed by atoms with E-state index in [1.54, 1.807) is 0 Å². The molecule has 0 aliphatic rings. The van der Waals surface area contributed by atoms with Gasteiger partial charge in [-0.1, -0.05) is 26.5 Å². The lowest BCUT2D eigenvalue weighted by molar-refractivity contribution is 0.240. The van der Waals surface area contributed by atoms with Crippen molar-refractivity contribution in [1.29, 1.82) is 0 Å².